The van der Waals surface area contributed by atoms with Crippen molar-refractivity contribution in [1.82, 2.24) is 0 Å². The number of nitrogens with zero attached hydrogens (tertiary/aromatic N) is 1. The monoisotopic (exact) mass is 275 g/mol. The lowest BCUT2D eigenvalue weighted by Crippen LogP contribution is -2.38. The van der Waals surface area contributed by atoms with E-state index in [9.17, 15) is 22.8 Å². The van der Waals surface area contributed by atoms with Gasteiger partial charge in [0.1, 0.15) is 13.0 Å². The molecule has 0 fully saturated rings. The van der Waals surface area contributed by atoms with Crippen molar-refractivity contribution in [3.63, 3.8) is 0 Å². The van der Waals surface area contributed by atoms with Gasteiger partial charge in [-0.2, -0.15) is 13.2 Å². The van der Waals surface area contributed by atoms with Gasteiger partial charge in [0.15, 0.2) is 0 Å². The number of amides is 1. The number of alkyl halides is 3. The molecule has 0 aliphatic heterocycles. The van der Waals surface area contributed by atoms with E-state index in [-0.39, 0.29) is 5.69 Å². The van der Waals surface area contributed by atoms with Crippen molar-refractivity contribution in [1.29, 1.82) is 0 Å². The minimum Gasteiger partial charge on any atom is -0.480 e. The van der Waals surface area contributed by atoms with Gasteiger partial charge < -0.3 is 10.0 Å². The molecular formula is C12H12F3NO3. The number of aliphatic carboxylic acids is 1. The van der Waals surface area contributed by atoms with Crippen LogP contribution in [0.2, 0.25) is 0 Å². The second-order valence-electron chi connectivity index (χ2n) is 4.00. The number of hydrogen-bond acceptors (Lipinski definition) is 2. The highest BCUT2D eigenvalue weighted by atomic mass is 19.4. The first-order valence-electron chi connectivity index (χ1n) is 5.34. The minimum absolute atomic E-state index is 0.127. The zero-order chi connectivity index (χ0) is 14.6. The summed E-state index contributed by atoms with van der Waals surface area (Å²) in [5, 5.41) is 8.67. The molecular weight excluding hydrogens is 263 g/mol. The first kappa shape index (κ1) is 15.0. The molecule has 1 aromatic rings. The van der Waals surface area contributed by atoms with E-state index in [1.807, 2.05) is 0 Å². The summed E-state index contributed by atoms with van der Waals surface area (Å²) in [5.74, 6) is -2.67. The Kier molecular flexibility index (Phi) is 4.52. The Hall–Kier alpha value is -2.05. The lowest BCUT2D eigenvalue weighted by atomic mass is 10.2. The summed E-state index contributed by atoms with van der Waals surface area (Å²) in [7, 11) is 0. The van der Waals surface area contributed by atoms with Crippen LogP contribution in [0.3, 0.4) is 0 Å². The third-order valence-corrected chi connectivity index (χ3v) is 2.29. The maximum Gasteiger partial charge on any atom is 0.397 e. The van der Waals surface area contributed by atoms with Gasteiger partial charge >= 0.3 is 12.1 Å². The first-order chi connectivity index (χ1) is 8.69. The fraction of sp³-hybridized carbons (Fsp3) is 0.333. The van der Waals surface area contributed by atoms with Crippen LogP contribution >= 0.6 is 0 Å². The van der Waals surface area contributed by atoms with Crippen molar-refractivity contribution in [3.8, 4) is 0 Å². The van der Waals surface area contributed by atoms with E-state index >= 15 is 0 Å². The summed E-state index contributed by atoms with van der Waals surface area (Å²) < 4.78 is 36.6. The summed E-state index contributed by atoms with van der Waals surface area (Å²) in [6, 6.07) is 6.00. The van der Waals surface area contributed by atoms with Gasteiger partial charge in [0.2, 0.25) is 5.91 Å². The highest BCUT2D eigenvalue weighted by molar-refractivity contribution is 5.97. The number of hydrogen-bond donors (Lipinski definition) is 1. The smallest absolute Gasteiger partial charge is 0.397 e. The van der Waals surface area contributed by atoms with Crippen LogP contribution in [0.1, 0.15) is 12.0 Å². The maximum atomic E-state index is 12.2. The van der Waals surface area contributed by atoms with Gasteiger partial charge in [-0.3, -0.25) is 9.59 Å². The average Bonchev–Trinajstić information content (AvgIpc) is 2.24. The SMILES string of the molecule is Cc1ccc(N(CC(=O)O)C(=O)CC(F)(F)F)cc1. The fourth-order valence-electron chi connectivity index (χ4n) is 1.45. The van der Waals surface area contributed by atoms with Crippen LogP contribution in [0.25, 0.3) is 0 Å². The Morgan fingerprint density at radius 3 is 2.16 bits per heavy atom. The molecule has 0 unspecified atom stereocenters. The predicted molar refractivity (Wildman–Crippen MR) is 61.8 cm³/mol. The largest absolute Gasteiger partial charge is 0.480 e. The van der Waals surface area contributed by atoms with Gasteiger partial charge in [0.25, 0.3) is 0 Å². The fourth-order valence-corrected chi connectivity index (χ4v) is 1.45. The quantitative estimate of drug-likeness (QED) is 0.917. The minimum atomic E-state index is -4.67. The molecule has 0 heterocycles. The second kappa shape index (κ2) is 5.73. The van der Waals surface area contributed by atoms with Crippen molar-refractivity contribution in [2.24, 2.45) is 0 Å². The Morgan fingerprint density at radius 2 is 1.74 bits per heavy atom. The van der Waals surface area contributed by atoms with E-state index in [2.05, 4.69) is 0 Å². The topological polar surface area (TPSA) is 57.6 Å². The number of anilines is 1. The number of halogens is 3. The van der Waals surface area contributed by atoms with Crippen molar-refractivity contribution < 1.29 is 27.9 Å². The molecule has 1 N–H and O–H groups in total. The van der Waals surface area contributed by atoms with Crippen LogP contribution in [0, 0.1) is 6.92 Å². The lowest BCUT2D eigenvalue weighted by Gasteiger charge is -2.21. The van der Waals surface area contributed by atoms with Crippen molar-refractivity contribution in [3.05, 3.63) is 29.8 Å². The molecule has 19 heavy (non-hydrogen) atoms. The molecule has 0 aliphatic carbocycles. The summed E-state index contributed by atoms with van der Waals surface area (Å²) in [4.78, 5) is 22.8. The van der Waals surface area contributed by atoms with Crippen LogP contribution in [-0.2, 0) is 9.59 Å². The molecule has 0 saturated heterocycles. The molecule has 0 atom stereocenters. The molecule has 1 aromatic carbocycles. The highest BCUT2D eigenvalue weighted by Crippen LogP contribution is 2.23. The van der Waals surface area contributed by atoms with E-state index < -0.39 is 31.0 Å². The number of carboxylic acids is 1. The molecule has 7 heteroatoms. The molecule has 0 aromatic heterocycles. The average molecular weight is 275 g/mol. The number of rotatable bonds is 4. The van der Waals surface area contributed by atoms with Crippen LogP contribution < -0.4 is 4.90 Å². The molecule has 104 valence electrons. The third kappa shape index (κ3) is 4.99. The zero-order valence-electron chi connectivity index (χ0n) is 10.1. The molecule has 0 bridgehead atoms. The number of aryl methyl sites for hydroxylation is 1. The van der Waals surface area contributed by atoms with Crippen molar-refractivity contribution in [2.75, 3.05) is 11.4 Å². The van der Waals surface area contributed by atoms with Crippen LogP contribution in [-0.4, -0.2) is 29.7 Å². The van der Waals surface area contributed by atoms with Gasteiger partial charge in [-0.1, -0.05) is 17.7 Å². The van der Waals surface area contributed by atoms with E-state index in [0.29, 0.717) is 4.90 Å². The van der Waals surface area contributed by atoms with E-state index in [0.717, 1.165) is 5.56 Å². The normalized spacial score (nSPS) is 11.2. The van der Waals surface area contributed by atoms with Gasteiger partial charge in [0, 0.05) is 5.69 Å². The highest BCUT2D eigenvalue weighted by Gasteiger charge is 2.34. The number of carboxylic acid groups (broad SMARTS) is 1. The summed E-state index contributed by atoms with van der Waals surface area (Å²) in [5.41, 5.74) is 0.976. The number of benzene rings is 1. The molecule has 0 aliphatic rings. The molecule has 0 spiro atoms. The molecule has 0 radical (unpaired) electrons. The van der Waals surface area contributed by atoms with Crippen molar-refractivity contribution in [2.45, 2.75) is 19.5 Å². The lowest BCUT2D eigenvalue weighted by molar-refractivity contribution is -0.153. The second-order valence-corrected chi connectivity index (χ2v) is 4.00. The van der Waals surface area contributed by atoms with E-state index in [4.69, 9.17) is 5.11 Å². The first-order valence-corrected chi connectivity index (χ1v) is 5.34. The molecule has 1 amide bonds. The predicted octanol–water partition coefficient (Wildman–Crippen LogP) is 2.37. The molecule has 1 rings (SSSR count). The summed E-state index contributed by atoms with van der Waals surface area (Å²) in [6.45, 7) is 0.959. The zero-order valence-corrected chi connectivity index (χ0v) is 10.1. The number of carbonyl (C=O) groups is 2. The van der Waals surface area contributed by atoms with Gasteiger partial charge in [-0.05, 0) is 19.1 Å². The molecule has 0 saturated carbocycles. The van der Waals surface area contributed by atoms with Crippen molar-refractivity contribution >= 4 is 17.6 Å². The summed E-state index contributed by atoms with van der Waals surface area (Å²) >= 11 is 0. The van der Waals surface area contributed by atoms with Crippen LogP contribution in [0.4, 0.5) is 18.9 Å². The number of carbonyl (C=O) groups excluding carboxylic acids is 1. The summed E-state index contributed by atoms with van der Waals surface area (Å²) in [6.07, 6.45) is -6.35. The van der Waals surface area contributed by atoms with Crippen LogP contribution in [0.5, 0.6) is 0 Å². The Labute approximate surface area is 107 Å². The molecule has 4 nitrogen and oxygen atoms in total. The van der Waals surface area contributed by atoms with E-state index in [1.54, 1.807) is 19.1 Å². The Morgan fingerprint density at radius 1 is 1.21 bits per heavy atom. The van der Waals surface area contributed by atoms with Gasteiger partial charge in [-0.25, -0.2) is 0 Å². The Bertz CT molecular complexity index is 468. The standard InChI is InChI=1S/C12H12F3NO3/c1-8-2-4-9(5-3-8)16(7-11(18)19)10(17)6-12(13,14)15/h2-5H,6-7H2,1H3,(H,18,19). The maximum absolute atomic E-state index is 12.2. The van der Waals surface area contributed by atoms with Gasteiger partial charge in [-0.15, -0.1) is 0 Å². The van der Waals surface area contributed by atoms with Gasteiger partial charge in [0.05, 0.1) is 0 Å². The van der Waals surface area contributed by atoms with E-state index in [1.165, 1.54) is 12.1 Å². The van der Waals surface area contributed by atoms with Crippen LogP contribution in [0.15, 0.2) is 24.3 Å². The third-order valence-electron chi connectivity index (χ3n) is 2.29. The Balaban J connectivity index is 2.97.